The minimum absolute atomic E-state index is 0.112. The quantitative estimate of drug-likeness (QED) is 0.260. The summed E-state index contributed by atoms with van der Waals surface area (Å²) in [6.07, 6.45) is 1.40. The van der Waals surface area contributed by atoms with Crippen molar-refractivity contribution < 1.29 is 33.4 Å². The van der Waals surface area contributed by atoms with E-state index in [0.717, 1.165) is 21.8 Å². The van der Waals surface area contributed by atoms with E-state index < -0.39 is 23.7 Å². The molecule has 1 amide bonds. The summed E-state index contributed by atoms with van der Waals surface area (Å²) in [5.41, 5.74) is 1.29. The Morgan fingerprint density at radius 2 is 1.97 bits per heavy atom. The molecule has 1 saturated heterocycles. The normalized spacial score (nSPS) is 17.5. The van der Waals surface area contributed by atoms with E-state index in [0.29, 0.717) is 17.0 Å². The highest BCUT2D eigenvalue weighted by molar-refractivity contribution is 7.17. The molecule has 0 spiro atoms. The van der Waals surface area contributed by atoms with E-state index >= 15 is 0 Å². The lowest BCUT2D eigenvalue weighted by Gasteiger charge is -2.20. The van der Waals surface area contributed by atoms with Crippen molar-refractivity contribution in [1.82, 2.24) is 4.98 Å². The van der Waals surface area contributed by atoms with Crippen LogP contribution in [0.3, 0.4) is 0 Å². The molecule has 10 heteroatoms. The van der Waals surface area contributed by atoms with Crippen molar-refractivity contribution in [2.45, 2.75) is 19.9 Å². The van der Waals surface area contributed by atoms with Crippen LogP contribution in [0.5, 0.6) is 5.75 Å². The number of esters is 1. The molecule has 0 aliphatic carbocycles. The zero-order valence-electron chi connectivity index (χ0n) is 18.2. The van der Waals surface area contributed by atoms with Crippen LogP contribution in [0.4, 0.5) is 5.13 Å². The Kier molecular flexibility index (Phi) is 5.77. The summed E-state index contributed by atoms with van der Waals surface area (Å²) < 4.78 is 15.5. The predicted octanol–water partition coefficient (Wildman–Crippen LogP) is 3.77. The van der Waals surface area contributed by atoms with Crippen LogP contribution in [0.2, 0.25) is 0 Å². The molecule has 1 atom stereocenters. The van der Waals surface area contributed by atoms with Crippen LogP contribution in [-0.2, 0) is 14.3 Å². The average molecular weight is 468 g/mol. The molecule has 0 unspecified atom stereocenters. The van der Waals surface area contributed by atoms with Gasteiger partial charge in [0.15, 0.2) is 5.13 Å². The minimum Gasteiger partial charge on any atom is -0.507 e. The van der Waals surface area contributed by atoms with E-state index in [4.69, 9.17) is 13.9 Å². The van der Waals surface area contributed by atoms with Crippen molar-refractivity contribution in [3.63, 3.8) is 0 Å². The summed E-state index contributed by atoms with van der Waals surface area (Å²) in [7, 11) is 2.77. The van der Waals surface area contributed by atoms with Crippen LogP contribution in [-0.4, -0.2) is 42.0 Å². The Balaban J connectivity index is 1.90. The van der Waals surface area contributed by atoms with Gasteiger partial charge in [0.2, 0.25) is 0 Å². The van der Waals surface area contributed by atoms with Crippen LogP contribution < -0.4 is 9.64 Å². The van der Waals surface area contributed by atoms with Crippen molar-refractivity contribution in [1.29, 1.82) is 0 Å². The monoisotopic (exact) mass is 468 g/mol. The molecule has 1 aliphatic heterocycles. The number of aryl methyl sites for hydroxylation is 2. The van der Waals surface area contributed by atoms with Gasteiger partial charge in [0, 0.05) is 5.56 Å². The lowest BCUT2D eigenvalue weighted by Crippen LogP contribution is -2.29. The van der Waals surface area contributed by atoms with Gasteiger partial charge in [0.25, 0.3) is 5.78 Å². The lowest BCUT2D eigenvalue weighted by atomic mass is 9.98. The maximum atomic E-state index is 13.1. The van der Waals surface area contributed by atoms with E-state index in [1.807, 2.05) is 0 Å². The molecule has 0 saturated carbocycles. The van der Waals surface area contributed by atoms with Crippen molar-refractivity contribution in [2.24, 2.45) is 0 Å². The van der Waals surface area contributed by atoms with Crippen LogP contribution in [0.1, 0.15) is 38.3 Å². The van der Waals surface area contributed by atoms with Gasteiger partial charge in [0.1, 0.15) is 28.2 Å². The number of methoxy groups -OCH3 is 2. The molecule has 9 nitrogen and oxygen atoms in total. The Labute approximate surface area is 192 Å². The fourth-order valence-corrected chi connectivity index (χ4v) is 4.71. The number of rotatable bonds is 5. The van der Waals surface area contributed by atoms with E-state index in [1.165, 1.54) is 20.5 Å². The minimum atomic E-state index is -1.07. The number of nitrogens with zero attached hydrogens (tertiary/aromatic N) is 2. The van der Waals surface area contributed by atoms with Crippen molar-refractivity contribution >= 4 is 39.9 Å². The first-order valence-electron chi connectivity index (χ1n) is 9.83. The van der Waals surface area contributed by atoms with Crippen LogP contribution in [0.25, 0.3) is 5.76 Å². The second-order valence-electron chi connectivity index (χ2n) is 7.27. The summed E-state index contributed by atoms with van der Waals surface area (Å²) in [6, 6.07) is 7.05. The fraction of sp³-hybridized carbons (Fsp3) is 0.217. The standard InChI is InChI=1S/C23H20N2O7S/c1-11-10-13(7-8-14(11)30-3)18(26)16-17(15-6-5-9-32-15)25(21(28)19(16)27)23-24-12(2)20(33-23)22(29)31-4/h5-10,17,26H,1-4H3/b18-16+/t17-/m0/s1. The number of hydrogen-bond donors (Lipinski definition) is 1. The Bertz CT molecular complexity index is 1290. The zero-order valence-corrected chi connectivity index (χ0v) is 19.1. The molecule has 3 heterocycles. The highest BCUT2D eigenvalue weighted by Gasteiger charge is 2.49. The van der Waals surface area contributed by atoms with Gasteiger partial charge in [-0.05, 0) is 49.7 Å². The number of aliphatic hydroxyl groups is 1. The predicted molar refractivity (Wildman–Crippen MR) is 119 cm³/mol. The number of thiazole rings is 1. The number of aliphatic hydroxyl groups excluding tert-OH is 1. The first-order chi connectivity index (χ1) is 15.8. The number of Topliss-reactive ketones (excluding diaryl/α,β-unsaturated/α-hetero) is 1. The third-order valence-corrected chi connectivity index (χ3v) is 6.42. The second-order valence-corrected chi connectivity index (χ2v) is 8.25. The molecule has 0 bridgehead atoms. The molecule has 1 fully saturated rings. The average Bonchev–Trinajstić information content (AvgIpc) is 3.52. The van der Waals surface area contributed by atoms with E-state index in [-0.39, 0.29) is 27.1 Å². The number of ether oxygens (including phenoxy) is 2. The molecule has 4 rings (SSSR count). The highest BCUT2D eigenvalue weighted by Crippen LogP contribution is 2.44. The van der Waals surface area contributed by atoms with Gasteiger partial charge < -0.3 is 19.0 Å². The number of carbonyl (C=O) groups excluding carboxylic acids is 3. The number of aromatic nitrogens is 1. The maximum Gasteiger partial charge on any atom is 0.350 e. The number of anilines is 1. The molecular weight excluding hydrogens is 448 g/mol. The third-order valence-electron chi connectivity index (χ3n) is 5.29. The highest BCUT2D eigenvalue weighted by atomic mass is 32.1. The Hall–Kier alpha value is -3.92. The zero-order chi connectivity index (χ0) is 23.9. The van der Waals surface area contributed by atoms with E-state index in [2.05, 4.69) is 4.98 Å². The van der Waals surface area contributed by atoms with Gasteiger partial charge in [-0.1, -0.05) is 11.3 Å². The molecule has 33 heavy (non-hydrogen) atoms. The topological polar surface area (TPSA) is 119 Å². The van der Waals surface area contributed by atoms with E-state index in [1.54, 1.807) is 44.2 Å². The van der Waals surface area contributed by atoms with Gasteiger partial charge in [0.05, 0.1) is 31.7 Å². The smallest absolute Gasteiger partial charge is 0.350 e. The van der Waals surface area contributed by atoms with Gasteiger partial charge in [-0.2, -0.15) is 0 Å². The van der Waals surface area contributed by atoms with Crippen molar-refractivity contribution in [2.75, 3.05) is 19.1 Å². The molecule has 3 aromatic rings. The van der Waals surface area contributed by atoms with Gasteiger partial charge in [-0.15, -0.1) is 0 Å². The van der Waals surface area contributed by atoms with Crippen molar-refractivity contribution in [3.8, 4) is 5.75 Å². The van der Waals surface area contributed by atoms with Crippen LogP contribution in [0, 0.1) is 13.8 Å². The largest absolute Gasteiger partial charge is 0.507 e. The third kappa shape index (κ3) is 3.68. The SMILES string of the molecule is COC(=O)c1sc(N2C(=O)C(=O)/C(=C(/O)c3ccc(OC)c(C)c3)[C@@H]2c2ccco2)nc1C. The fourth-order valence-electron chi connectivity index (χ4n) is 3.69. The number of furan rings is 1. The molecule has 1 aliphatic rings. The molecule has 170 valence electrons. The molecule has 0 radical (unpaired) electrons. The molecule has 2 aromatic heterocycles. The van der Waals surface area contributed by atoms with Crippen LogP contribution >= 0.6 is 11.3 Å². The Morgan fingerprint density at radius 3 is 2.58 bits per heavy atom. The van der Waals surface area contributed by atoms with Gasteiger partial charge in [-0.3, -0.25) is 14.5 Å². The number of benzene rings is 1. The molecular formula is C23H20N2O7S. The summed E-state index contributed by atoms with van der Waals surface area (Å²) in [6.45, 7) is 3.40. The summed E-state index contributed by atoms with van der Waals surface area (Å²) >= 11 is 0.918. The lowest BCUT2D eigenvalue weighted by molar-refractivity contribution is -0.132. The molecule has 1 N–H and O–H groups in total. The van der Waals surface area contributed by atoms with Crippen LogP contribution in [0.15, 0.2) is 46.6 Å². The number of hydrogen-bond acceptors (Lipinski definition) is 9. The first-order valence-corrected chi connectivity index (χ1v) is 10.6. The van der Waals surface area contributed by atoms with Gasteiger partial charge in [-0.25, -0.2) is 9.78 Å². The number of ketones is 1. The van der Waals surface area contributed by atoms with Gasteiger partial charge >= 0.3 is 11.9 Å². The maximum absolute atomic E-state index is 13.1. The second kappa shape index (κ2) is 8.55. The summed E-state index contributed by atoms with van der Waals surface area (Å²) in [5.74, 6) is -1.87. The number of amides is 1. The Morgan fingerprint density at radius 1 is 1.21 bits per heavy atom. The summed E-state index contributed by atoms with van der Waals surface area (Å²) in [5, 5.41) is 11.2. The molecule has 1 aromatic carbocycles. The first kappa shape index (κ1) is 22.3. The number of carbonyl (C=O) groups is 3. The van der Waals surface area contributed by atoms with Crippen molar-refractivity contribution in [3.05, 3.63) is 69.6 Å². The van der Waals surface area contributed by atoms with E-state index in [9.17, 15) is 19.5 Å². The summed E-state index contributed by atoms with van der Waals surface area (Å²) in [4.78, 5) is 43.9.